The van der Waals surface area contributed by atoms with Crippen molar-refractivity contribution >= 4 is 57.6 Å². The number of halogens is 5. The van der Waals surface area contributed by atoms with Gasteiger partial charge in [-0.1, -0.05) is 41.4 Å². The average molecular weight is 555 g/mol. The molecule has 2 aromatic carbocycles. The number of aryl methyl sites for hydroxylation is 1. The minimum atomic E-state index is -5.30. The van der Waals surface area contributed by atoms with Gasteiger partial charge in [-0.15, -0.1) is 5.06 Å². The molecule has 3 aromatic rings. The van der Waals surface area contributed by atoms with Crippen LogP contribution < -0.4 is 15.7 Å². The number of nitrogens with zero attached hydrogens (tertiary/aromatic N) is 2. The van der Waals surface area contributed by atoms with E-state index in [9.17, 15) is 22.8 Å². The molecule has 12 heteroatoms. The zero-order valence-electron chi connectivity index (χ0n) is 19.6. The van der Waals surface area contributed by atoms with E-state index in [1.54, 1.807) is 0 Å². The molecular formula is C25H23Cl2F3N4O3. The summed E-state index contributed by atoms with van der Waals surface area (Å²) in [6, 6.07) is 12.2. The van der Waals surface area contributed by atoms with Crippen molar-refractivity contribution < 1.29 is 27.6 Å². The van der Waals surface area contributed by atoms with Crippen LogP contribution in [0.3, 0.4) is 0 Å². The van der Waals surface area contributed by atoms with Gasteiger partial charge < -0.3 is 15.5 Å². The molecule has 1 saturated carbocycles. The molecule has 2 N–H and O–H groups in total. The summed E-state index contributed by atoms with van der Waals surface area (Å²) in [4.78, 5) is 33.4. The third-order valence-electron chi connectivity index (χ3n) is 6.06. The van der Waals surface area contributed by atoms with Crippen molar-refractivity contribution in [2.24, 2.45) is 0 Å². The predicted octanol–water partition coefficient (Wildman–Crippen LogP) is 6.81. The molecule has 0 aliphatic heterocycles. The lowest BCUT2D eigenvalue weighted by Crippen LogP contribution is -2.49. The number of carbonyl (C=O) groups is 2. The van der Waals surface area contributed by atoms with Crippen LogP contribution in [0.15, 0.2) is 48.5 Å². The van der Waals surface area contributed by atoms with Gasteiger partial charge in [0.15, 0.2) is 0 Å². The van der Waals surface area contributed by atoms with Crippen molar-refractivity contribution in [3.63, 3.8) is 0 Å². The molecule has 0 spiro atoms. The van der Waals surface area contributed by atoms with Crippen molar-refractivity contribution in [3.8, 4) is 0 Å². The number of benzene rings is 2. The van der Waals surface area contributed by atoms with Crippen LogP contribution >= 0.6 is 23.2 Å². The maximum absolute atomic E-state index is 12.9. The highest BCUT2D eigenvalue weighted by molar-refractivity contribution is 6.42. The highest BCUT2D eigenvalue weighted by Gasteiger charge is 2.44. The first-order chi connectivity index (χ1) is 17.5. The number of anilines is 2. The molecule has 0 bridgehead atoms. The lowest BCUT2D eigenvalue weighted by Gasteiger charge is -2.31. The first kappa shape index (κ1) is 26.8. The van der Waals surface area contributed by atoms with Crippen LogP contribution in [0.1, 0.15) is 31.2 Å². The summed E-state index contributed by atoms with van der Waals surface area (Å²) >= 11 is 11.8. The number of fused-ring (bicyclic) bond motifs is 1. The maximum atomic E-state index is 12.9. The molecule has 2 amide bonds. The van der Waals surface area contributed by atoms with E-state index in [4.69, 9.17) is 23.2 Å². The molecule has 1 aromatic heterocycles. The Morgan fingerprint density at radius 2 is 1.68 bits per heavy atom. The number of hydrogen-bond donors (Lipinski definition) is 2. The number of para-hydroxylation sites is 1. The fourth-order valence-electron chi connectivity index (χ4n) is 4.21. The largest absolute Gasteiger partial charge is 0.493 e. The fraction of sp³-hybridized carbons (Fsp3) is 0.320. The number of alkyl halides is 3. The third-order valence-corrected chi connectivity index (χ3v) is 6.80. The standard InChI is InChI=1S/C25H23Cl2F3N4O3/c1-14-12-22(33-21-5-3-2-4-18(14)21)31-15-6-8-16(9-7-15)32-24(36)34(37-23(35)25(28,29)30)17-10-11-19(26)20(27)13-17/h2-5,10-13,15-16H,6-9H2,1H3,(H,31,33)(H,32,36). The van der Waals surface area contributed by atoms with Crippen LogP contribution in [0.5, 0.6) is 0 Å². The van der Waals surface area contributed by atoms with Gasteiger partial charge in [0.05, 0.1) is 21.2 Å². The Hall–Kier alpha value is -3.24. The Bertz CT molecular complexity index is 1310. The first-order valence-electron chi connectivity index (χ1n) is 11.5. The van der Waals surface area contributed by atoms with E-state index in [1.165, 1.54) is 12.1 Å². The highest BCUT2D eigenvalue weighted by Crippen LogP contribution is 2.30. The monoisotopic (exact) mass is 554 g/mol. The molecule has 1 aliphatic carbocycles. The number of aromatic nitrogens is 1. The molecule has 37 heavy (non-hydrogen) atoms. The summed E-state index contributed by atoms with van der Waals surface area (Å²) < 4.78 is 38.5. The smallest absolute Gasteiger partial charge is 0.367 e. The molecule has 0 saturated heterocycles. The Morgan fingerprint density at radius 1 is 1.00 bits per heavy atom. The molecule has 0 radical (unpaired) electrons. The summed E-state index contributed by atoms with van der Waals surface area (Å²) in [5.41, 5.74) is 1.81. The topological polar surface area (TPSA) is 83.6 Å². The highest BCUT2D eigenvalue weighted by atomic mass is 35.5. The lowest BCUT2D eigenvalue weighted by atomic mass is 9.91. The number of carbonyl (C=O) groups excluding carboxylic acids is 2. The summed E-state index contributed by atoms with van der Waals surface area (Å²) in [6.07, 6.45) is -2.81. The number of hydroxylamine groups is 1. The van der Waals surface area contributed by atoms with E-state index in [0.717, 1.165) is 28.4 Å². The van der Waals surface area contributed by atoms with Gasteiger partial charge in [-0.25, -0.2) is 14.6 Å². The van der Waals surface area contributed by atoms with Crippen LogP contribution in [-0.4, -0.2) is 35.2 Å². The number of pyridine rings is 1. The Balaban J connectivity index is 1.39. The van der Waals surface area contributed by atoms with Crippen molar-refractivity contribution in [3.05, 3.63) is 64.1 Å². The zero-order valence-corrected chi connectivity index (χ0v) is 21.1. The van der Waals surface area contributed by atoms with Crippen LogP contribution in [-0.2, 0) is 9.63 Å². The average Bonchev–Trinajstić information content (AvgIpc) is 2.85. The van der Waals surface area contributed by atoms with Gasteiger partial charge in [-0.05, 0) is 68.5 Å². The number of amides is 2. The molecule has 0 unspecified atom stereocenters. The fourth-order valence-corrected chi connectivity index (χ4v) is 4.50. The van der Waals surface area contributed by atoms with Crippen molar-refractivity contribution in [1.82, 2.24) is 10.3 Å². The number of hydrogen-bond acceptors (Lipinski definition) is 5. The molecule has 7 nitrogen and oxygen atoms in total. The van der Waals surface area contributed by atoms with Crippen LogP contribution in [0.25, 0.3) is 10.9 Å². The number of urea groups is 1. The van der Waals surface area contributed by atoms with E-state index >= 15 is 0 Å². The van der Waals surface area contributed by atoms with Crippen LogP contribution in [0, 0.1) is 6.92 Å². The minimum Gasteiger partial charge on any atom is -0.367 e. The van der Waals surface area contributed by atoms with E-state index in [-0.39, 0.29) is 32.9 Å². The number of nitrogens with one attached hydrogen (secondary N) is 2. The molecule has 4 rings (SSSR count). The zero-order chi connectivity index (χ0) is 26.7. The Morgan fingerprint density at radius 3 is 2.35 bits per heavy atom. The van der Waals surface area contributed by atoms with Gasteiger partial charge in [-0.2, -0.15) is 13.2 Å². The predicted molar refractivity (Wildman–Crippen MR) is 136 cm³/mol. The van der Waals surface area contributed by atoms with Crippen LogP contribution in [0.2, 0.25) is 10.0 Å². The number of rotatable bonds is 4. The van der Waals surface area contributed by atoms with Crippen molar-refractivity contribution in [2.45, 2.75) is 50.9 Å². The van der Waals surface area contributed by atoms with Gasteiger partial charge in [0.2, 0.25) is 0 Å². The van der Waals surface area contributed by atoms with E-state index in [0.29, 0.717) is 25.7 Å². The van der Waals surface area contributed by atoms with Crippen LogP contribution in [0.4, 0.5) is 29.5 Å². The van der Waals surface area contributed by atoms with Gasteiger partial charge in [0.25, 0.3) is 0 Å². The summed E-state index contributed by atoms with van der Waals surface area (Å²) in [5.74, 6) is -1.78. The second-order valence-electron chi connectivity index (χ2n) is 8.75. The van der Waals surface area contributed by atoms with Crippen molar-refractivity contribution in [1.29, 1.82) is 0 Å². The normalized spacial score (nSPS) is 17.8. The van der Waals surface area contributed by atoms with Gasteiger partial charge >= 0.3 is 18.2 Å². The Labute approximate surface area is 220 Å². The van der Waals surface area contributed by atoms with E-state index in [1.807, 2.05) is 37.3 Å². The second-order valence-corrected chi connectivity index (χ2v) is 9.57. The minimum absolute atomic E-state index is 0.0239. The summed E-state index contributed by atoms with van der Waals surface area (Å²) in [5, 5.41) is 7.50. The van der Waals surface area contributed by atoms with E-state index < -0.39 is 18.2 Å². The Kier molecular flexibility index (Phi) is 7.99. The van der Waals surface area contributed by atoms with Crippen molar-refractivity contribution in [2.75, 3.05) is 10.4 Å². The first-order valence-corrected chi connectivity index (χ1v) is 12.2. The maximum Gasteiger partial charge on any atom is 0.493 e. The lowest BCUT2D eigenvalue weighted by molar-refractivity contribution is -0.199. The van der Waals surface area contributed by atoms with Gasteiger partial charge in [0, 0.05) is 17.5 Å². The molecule has 1 fully saturated rings. The molecule has 0 atom stereocenters. The second kappa shape index (κ2) is 11.0. The molecular weight excluding hydrogens is 532 g/mol. The van der Waals surface area contributed by atoms with Gasteiger partial charge in [0.1, 0.15) is 5.82 Å². The summed E-state index contributed by atoms with van der Waals surface area (Å²) in [6.45, 7) is 2.02. The molecule has 196 valence electrons. The quantitative estimate of drug-likeness (QED) is 0.346. The molecule has 1 heterocycles. The molecule has 1 aliphatic rings. The summed E-state index contributed by atoms with van der Waals surface area (Å²) in [7, 11) is 0. The van der Waals surface area contributed by atoms with Gasteiger partial charge in [-0.3, -0.25) is 0 Å². The van der Waals surface area contributed by atoms with E-state index in [2.05, 4.69) is 20.5 Å². The third kappa shape index (κ3) is 6.56. The SMILES string of the molecule is Cc1cc(NC2CCC(NC(=O)N(OC(=O)C(F)(F)F)c3ccc(Cl)c(Cl)c3)CC2)nc2ccccc12.